The maximum absolute atomic E-state index is 13.8. The van der Waals surface area contributed by atoms with Gasteiger partial charge in [0.2, 0.25) is 0 Å². The summed E-state index contributed by atoms with van der Waals surface area (Å²) in [5, 5.41) is 12.0. The molecule has 234 valence electrons. The number of hydrogen-bond donors (Lipinski definition) is 1. The number of aliphatic hydroxyl groups is 1. The molecule has 0 bridgehead atoms. The second kappa shape index (κ2) is 13.3. The molecule has 46 heavy (non-hydrogen) atoms. The third-order valence-electron chi connectivity index (χ3n) is 7.47. The van der Waals surface area contributed by atoms with E-state index in [1.165, 1.54) is 23.3 Å². The summed E-state index contributed by atoms with van der Waals surface area (Å²) in [6.07, 6.45) is 0. The number of methoxy groups -OCH3 is 1. The molecule has 0 aliphatic carbocycles. The fraction of sp³-hybridized carbons (Fsp3) is 0.194. The molecule has 1 atom stereocenters. The first-order valence-corrected chi connectivity index (χ1v) is 15.7. The number of ketones is 1. The number of aliphatic hydroxyl groups excluding tert-OH is 1. The zero-order chi connectivity index (χ0) is 32.2. The van der Waals surface area contributed by atoms with Gasteiger partial charge in [0.25, 0.3) is 5.78 Å². The minimum atomic E-state index is -1.01. The average Bonchev–Trinajstić information content (AvgIpc) is 3.61. The number of carbonyl (C=O) groups is 2. The van der Waals surface area contributed by atoms with Gasteiger partial charge >= 0.3 is 5.91 Å². The Bertz CT molecular complexity index is 1940. The maximum Gasteiger partial charge on any atom is 0.301 e. The Morgan fingerprint density at radius 1 is 0.848 bits per heavy atom. The van der Waals surface area contributed by atoms with E-state index in [0.717, 1.165) is 10.3 Å². The molecule has 1 N–H and O–H groups in total. The third-order valence-corrected chi connectivity index (χ3v) is 8.49. The summed E-state index contributed by atoms with van der Waals surface area (Å²) in [7, 11) is 1.52. The van der Waals surface area contributed by atoms with Crippen LogP contribution >= 0.6 is 11.3 Å². The van der Waals surface area contributed by atoms with E-state index in [4.69, 9.17) is 23.9 Å². The number of hydrogen-bond acceptors (Lipinski definition) is 9. The number of carbonyl (C=O) groups excluding carboxylic acids is 2. The molecular formula is C36H32N2O7S. The van der Waals surface area contributed by atoms with Gasteiger partial charge in [-0.2, -0.15) is 0 Å². The number of benzene rings is 4. The van der Waals surface area contributed by atoms with Gasteiger partial charge in [0.1, 0.15) is 23.9 Å². The lowest BCUT2D eigenvalue weighted by Crippen LogP contribution is -2.29. The van der Waals surface area contributed by atoms with Crippen LogP contribution in [0.1, 0.15) is 36.6 Å². The molecule has 1 unspecified atom stereocenters. The number of rotatable bonds is 11. The van der Waals surface area contributed by atoms with Crippen molar-refractivity contribution in [2.24, 2.45) is 0 Å². The van der Waals surface area contributed by atoms with E-state index in [0.29, 0.717) is 64.6 Å². The molecule has 6 rings (SSSR count). The molecule has 0 spiro atoms. The summed E-state index contributed by atoms with van der Waals surface area (Å²) in [5.74, 6) is 0.129. The van der Waals surface area contributed by atoms with Crippen LogP contribution in [0.25, 0.3) is 16.0 Å². The number of aromatic nitrogens is 1. The Hall–Kier alpha value is -5.35. The molecule has 10 heteroatoms. The lowest BCUT2D eigenvalue weighted by atomic mass is 9.95. The van der Waals surface area contributed by atoms with Gasteiger partial charge in [-0.3, -0.25) is 14.5 Å². The highest BCUT2D eigenvalue weighted by Gasteiger charge is 2.48. The minimum Gasteiger partial charge on any atom is -0.507 e. The van der Waals surface area contributed by atoms with Gasteiger partial charge in [-0.15, -0.1) is 0 Å². The van der Waals surface area contributed by atoms with Crippen LogP contribution < -0.4 is 23.8 Å². The number of Topliss-reactive ketones (excluding diaryl/α,β-unsaturated/α-hetero) is 1. The Labute approximate surface area is 270 Å². The number of anilines is 1. The molecule has 1 aliphatic heterocycles. The second-order valence-corrected chi connectivity index (χ2v) is 11.4. The summed E-state index contributed by atoms with van der Waals surface area (Å²) in [5.41, 5.74) is 2.43. The quantitative estimate of drug-likeness (QED) is 0.0914. The summed E-state index contributed by atoms with van der Waals surface area (Å²) < 4.78 is 23.8. The summed E-state index contributed by atoms with van der Waals surface area (Å²) in [6.45, 7) is 5.01. The molecule has 9 nitrogen and oxygen atoms in total. The van der Waals surface area contributed by atoms with Gasteiger partial charge in [-0.05, 0) is 67.4 Å². The summed E-state index contributed by atoms with van der Waals surface area (Å²) in [6, 6.07) is 26.2. The number of amides is 1. The second-order valence-electron chi connectivity index (χ2n) is 10.4. The Kier molecular flexibility index (Phi) is 8.89. The lowest BCUT2D eigenvalue weighted by Gasteiger charge is -2.24. The fourth-order valence-corrected chi connectivity index (χ4v) is 6.38. The molecule has 1 amide bonds. The Morgan fingerprint density at radius 3 is 2.35 bits per heavy atom. The number of thiazole rings is 1. The van der Waals surface area contributed by atoms with E-state index in [2.05, 4.69) is 0 Å². The van der Waals surface area contributed by atoms with Crippen molar-refractivity contribution < 1.29 is 33.6 Å². The van der Waals surface area contributed by atoms with Crippen molar-refractivity contribution in [3.05, 3.63) is 113 Å². The molecule has 2 heterocycles. The van der Waals surface area contributed by atoms with Crippen molar-refractivity contribution in [3.63, 3.8) is 0 Å². The molecule has 0 radical (unpaired) electrons. The highest BCUT2D eigenvalue weighted by Crippen LogP contribution is 2.46. The van der Waals surface area contributed by atoms with Gasteiger partial charge in [-0.1, -0.05) is 59.9 Å². The molecule has 1 fully saturated rings. The standard InChI is InChI=1S/C36H32N2O7S/c1-4-43-25-13-9-12-24(18-25)33(39)31-32(23-14-17-28(29(19-23)42-3)45-21-22-10-7-6-8-11-22)38(35(41)34(31)40)36-37-27-16-15-26(44-5-2)20-30(27)46-36/h6-20,32,39H,4-5,21H2,1-3H3/b33-31+. The third kappa shape index (κ3) is 5.99. The van der Waals surface area contributed by atoms with E-state index in [9.17, 15) is 14.7 Å². The van der Waals surface area contributed by atoms with Gasteiger partial charge < -0.3 is 24.1 Å². The van der Waals surface area contributed by atoms with Crippen molar-refractivity contribution in [2.75, 3.05) is 25.2 Å². The molecule has 5 aromatic rings. The largest absolute Gasteiger partial charge is 0.507 e. The Morgan fingerprint density at radius 2 is 1.61 bits per heavy atom. The van der Waals surface area contributed by atoms with Crippen LogP contribution in [0.4, 0.5) is 5.13 Å². The van der Waals surface area contributed by atoms with E-state index in [1.807, 2.05) is 62.4 Å². The molecule has 4 aromatic carbocycles. The predicted octanol–water partition coefficient (Wildman–Crippen LogP) is 7.31. The highest BCUT2D eigenvalue weighted by molar-refractivity contribution is 7.22. The van der Waals surface area contributed by atoms with Gasteiger partial charge in [-0.25, -0.2) is 4.98 Å². The van der Waals surface area contributed by atoms with Crippen LogP contribution in [0, 0.1) is 0 Å². The van der Waals surface area contributed by atoms with Crippen LogP contribution in [0.2, 0.25) is 0 Å². The van der Waals surface area contributed by atoms with Crippen molar-refractivity contribution >= 4 is 44.1 Å². The lowest BCUT2D eigenvalue weighted by molar-refractivity contribution is -0.132. The first-order valence-electron chi connectivity index (χ1n) is 14.8. The van der Waals surface area contributed by atoms with Crippen molar-refractivity contribution in [1.82, 2.24) is 4.98 Å². The number of fused-ring (bicyclic) bond motifs is 1. The van der Waals surface area contributed by atoms with Crippen LogP contribution in [0.15, 0.2) is 96.6 Å². The van der Waals surface area contributed by atoms with E-state index >= 15 is 0 Å². The first kappa shape index (κ1) is 30.7. The van der Waals surface area contributed by atoms with Crippen LogP contribution in [0.5, 0.6) is 23.0 Å². The topological polar surface area (TPSA) is 107 Å². The normalized spacial score (nSPS) is 15.7. The minimum absolute atomic E-state index is 0.0760. The number of ether oxygens (including phenoxy) is 4. The fourth-order valence-electron chi connectivity index (χ4n) is 5.36. The smallest absolute Gasteiger partial charge is 0.301 e. The molecule has 1 aliphatic rings. The summed E-state index contributed by atoms with van der Waals surface area (Å²) in [4.78, 5) is 33.7. The molecule has 1 saturated heterocycles. The zero-order valence-electron chi connectivity index (χ0n) is 25.6. The molecule has 0 saturated carbocycles. The molecular weight excluding hydrogens is 604 g/mol. The summed E-state index contributed by atoms with van der Waals surface area (Å²) >= 11 is 1.26. The van der Waals surface area contributed by atoms with Crippen molar-refractivity contribution in [1.29, 1.82) is 0 Å². The SMILES string of the molecule is CCOc1cccc(/C(O)=C2\C(=O)C(=O)N(c3nc4ccc(OCC)cc4s3)C2c2ccc(OCc3ccccc3)c(OC)c2)c1. The average molecular weight is 637 g/mol. The number of nitrogens with zero attached hydrogens (tertiary/aromatic N) is 2. The van der Waals surface area contributed by atoms with Gasteiger partial charge in [0.15, 0.2) is 16.6 Å². The van der Waals surface area contributed by atoms with Gasteiger partial charge in [0.05, 0.1) is 42.2 Å². The van der Waals surface area contributed by atoms with Crippen LogP contribution in [0.3, 0.4) is 0 Å². The van der Waals surface area contributed by atoms with Crippen LogP contribution in [-0.2, 0) is 16.2 Å². The highest BCUT2D eigenvalue weighted by atomic mass is 32.1. The van der Waals surface area contributed by atoms with Crippen LogP contribution in [-0.4, -0.2) is 42.1 Å². The predicted molar refractivity (Wildman–Crippen MR) is 177 cm³/mol. The molecule has 1 aromatic heterocycles. The van der Waals surface area contributed by atoms with Gasteiger partial charge in [0, 0.05) is 5.56 Å². The van der Waals surface area contributed by atoms with E-state index in [-0.39, 0.29) is 11.3 Å². The van der Waals surface area contributed by atoms with E-state index < -0.39 is 17.7 Å². The maximum atomic E-state index is 13.8. The van der Waals surface area contributed by atoms with E-state index in [1.54, 1.807) is 42.5 Å². The monoisotopic (exact) mass is 636 g/mol. The zero-order valence-corrected chi connectivity index (χ0v) is 26.4. The van der Waals surface area contributed by atoms with Crippen molar-refractivity contribution in [2.45, 2.75) is 26.5 Å². The Balaban J connectivity index is 1.47. The first-order chi connectivity index (χ1) is 22.4. The van der Waals surface area contributed by atoms with Crippen molar-refractivity contribution in [3.8, 4) is 23.0 Å².